The highest BCUT2D eigenvalue weighted by molar-refractivity contribution is 8.00. The van der Waals surface area contributed by atoms with Gasteiger partial charge in [-0.2, -0.15) is 4.72 Å². The fraction of sp³-hybridized carbons (Fsp3) is 0.269. The monoisotopic (exact) mass is 556 g/mol. The Bertz CT molecular complexity index is 1430. The summed E-state index contributed by atoms with van der Waals surface area (Å²) in [6.45, 7) is 5.97. The summed E-state index contributed by atoms with van der Waals surface area (Å²) in [5.74, 6) is 1.78. The molecule has 2 aromatic heterocycles. The van der Waals surface area contributed by atoms with Gasteiger partial charge < -0.3 is 9.73 Å². The van der Waals surface area contributed by atoms with E-state index in [-0.39, 0.29) is 17.2 Å². The molecule has 4 aromatic rings. The van der Waals surface area contributed by atoms with E-state index in [9.17, 15) is 13.2 Å². The van der Waals surface area contributed by atoms with Crippen LogP contribution < -0.4 is 10.0 Å². The van der Waals surface area contributed by atoms with Gasteiger partial charge >= 0.3 is 0 Å². The summed E-state index contributed by atoms with van der Waals surface area (Å²) in [6.07, 6.45) is 3.59. The van der Waals surface area contributed by atoms with E-state index >= 15 is 0 Å². The maximum Gasteiger partial charge on any atom is 0.244 e. The first-order valence-electron chi connectivity index (χ1n) is 11.7. The van der Waals surface area contributed by atoms with Gasteiger partial charge in [-0.05, 0) is 31.0 Å². The Morgan fingerprint density at radius 3 is 2.46 bits per heavy atom. The predicted molar refractivity (Wildman–Crippen MR) is 146 cm³/mol. The molecule has 11 heteroatoms. The molecular formula is C26H28N4O4S3. The molecule has 0 saturated heterocycles. The van der Waals surface area contributed by atoms with Crippen LogP contribution in [0.5, 0.6) is 0 Å². The summed E-state index contributed by atoms with van der Waals surface area (Å²) in [5.41, 5.74) is 1.77. The van der Waals surface area contributed by atoms with Crippen molar-refractivity contribution in [2.75, 3.05) is 5.32 Å². The highest BCUT2D eigenvalue weighted by Gasteiger charge is 2.27. The largest absolute Gasteiger partial charge is 0.445 e. The molecule has 0 fully saturated rings. The Kier molecular flexibility index (Phi) is 8.80. The van der Waals surface area contributed by atoms with Gasteiger partial charge in [0, 0.05) is 5.92 Å². The van der Waals surface area contributed by atoms with Crippen molar-refractivity contribution in [1.29, 1.82) is 0 Å². The summed E-state index contributed by atoms with van der Waals surface area (Å²) < 4.78 is 35.3. The average molecular weight is 557 g/mol. The highest BCUT2D eigenvalue weighted by Crippen LogP contribution is 2.31. The number of anilines is 1. The van der Waals surface area contributed by atoms with Gasteiger partial charge in [0.15, 0.2) is 5.13 Å². The molecule has 2 N–H and O–H groups in total. The van der Waals surface area contributed by atoms with E-state index in [1.165, 1.54) is 35.2 Å². The molecule has 0 bridgehead atoms. The highest BCUT2D eigenvalue weighted by atomic mass is 32.2. The quantitative estimate of drug-likeness (QED) is 0.238. The number of carbonyl (C=O) groups is 1. The predicted octanol–water partition coefficient (Wildman–Crippen LogP) is 5.38. The smallest absolute Gasteiger partial charge is 0.244 e. The molecule has 1 atom stereocenters. The lowest BCUT2D eigenvalue weighted by Crippen LogP contribution is -2.45. The third-order valence-corrected chi connectivity index (χ3v) is 9.00. The van der Waals surface area contributed by atoms with Crippen LogP contribution in [0.2, 0.25) is 0 Å². The Morgan fingerprint density at radius 1 is 1.05 bits per heavy atom. The van der Waals surface area contributed by atoms with Crippen molar-refractivity contribution in [2.24, 2.45) is 0 Å². The summed E-state index contributed by atoms with van der Waals surface area (Å²) in [7, 11) is -3.92. The fourth-order valence-electron chi connectivity index (χ4n) is 3.38. The number of rotatable bonds is 11. The molecule has 0 spiro atoms. The van der Waals surface area contributed by atoms with Gasteiger partial charge in [-0.3, -0.25) is 4.79 Å². The maximum atomic E-state index is 13.2. The van der Waals surface area contributed by atoms with Crippen LogP contribution in [0.25, 0.3) is 0 Å². The summed E-state index contributed by atoms with van der Waals surface area (Å²) in [5, 5.41) is 3.16. The van der Waals surface area contributed by atoms with Crippen LogP contribution in [0, 0.1) is 6.92 Å². The van der Waals surface area contributed by atoms with Gasteiger partial charge in [0.1, 0.15) is 11.8 Å². The van der Waals surface area contributed by atoms with Crippen LogP contribution in [-0.2, 0) is 27.0 Å². The Morgan fingerprint density at radius 2 is 1.78 bits per heavy atom. The zero-order valence-corrected chi connectivity index (χ0v) is 23.1. The third-order valence-electron chi connectivity index (χ3n) is 5.42. The number of amides is 1. The van der Waals surface area contributed by atoms with Crippen LogP contribution >= 0.6 is 23.1 Å². The molecule has 0 aliphatic carbocycles. The minimum absolute atomic E-state index is 0.101. The van der Waals surface area contributed by atoms with Crippen molar-refractivity contribution >= 4 is 44.2 Å². The molecule has 37 heavy (non-hydrogen) atoms. The van der Waals surface area contributed by atoms with Gasteiger partial charge in [0.2, 0.25) is 21.8 Å². The minimum atomic E-state index is -3.92. The molecule has 1 amide bonds. The molecular weight excluding hydrogens is 529 g/mol. The van der Waals surface area contributed by atoms with E-state index in [1.807, 2.05) is 51.1 Å². The topological polar surface area (TPSA) is 114 Å². The minimum Gasteiger partial charge on any atom is -0.445 e. The van der Waals surface area contributed by atoms with E-state index in [2.05, 4.69) is 20.0 Å². The zero-order valence-electron chi connectivity index (χ0n) is 20.7. The molecule has 8 nitrogen and oxygen atoms in total. The Balaban J connectivity index is 1.45. The number of aryl methyl sites for hydroxylation is 1. The standard InChI is InChI=1S/C26H28N4O4S3/c1-17(2)22-14-27-23(34-22)16-35-24-15-28-26(36-24)29-25(31)21(13-19-7-5-4-6-8-19)30-37(32,33)20-11-9-18(3)10-12-20/h4-12,14-15,17,21,30H,13,16H2,1-3H3,(H,28,29,31)/t21-/m0/s1. The van der Waals surface area contributed by atoms with Crippen molar-refractivity contribution in [3.05, 3.63) is 89.8 Å². The molecule has 2 aromatic carbocycles. The number of thioether (sulfide) groups is 1. The van der Waals surface area contributed by atoms with Crippen molar-refractivity contribution in [3.63, 3.8) is 0 Å². The molecule has 194 valence electrons. The van der Waals surface area contributed by atoms with E-state index in [0.29, 0.717) is 16.8 Å². The van der Waals surface area contributed by atoms with Gasteiger partial charge in [-0.1, -0.05) is 73.2 Å². The van der Waals surface area contributed by atoms with Crippen molar-refractivity contribution < 1.29 is 17.6 Å². The number of carbonyl (C=O) groups excluding carboxylic acids is 1. The van der Waals surface area contributed by atoms with Gasteiger partial charge in [0.25, 0.3) is 0 Å². The van der Waals surface area contributed by atoms with Crippen LogP contribution in [0.3, 0.4) is 0 Å². The zero-order chi connectivity index (χ0) is 26.4. The summed E-state index contributed by atoms with van der Waals surface area (Å²) in [4.78, 5) is 21.9. The number of aromatic nitrogens is 2. The first-order chi connectivity index (χ1) is 17.7. The van der Waals surface area contributed by atoms with E-state index in [4.69, 9.17) is 4.42 Å². The number of sulfonamides is 1. The first kappa shape index (κ1) is 27.1. The summed E-state index contributed by atoms with van der Waals surface area (Å²) in [6, 6.07) is 14.7. The normalized spacial score (nSPS) is 12.5. The van der Waals surface area contributed by atoms with E-state index in [1.54, 1.807) is 24.5 Å². The number of nitrogens with zero attached hydrogens (tertiary/aromatic N) is 2. The third kappa shape index (κ3) is 7.51. The summed E-state index contributed by atoms with van der Waals surface area (Å²) >= 11 is 2.81. The number of hydrogen-bond donors (Lipinski definition) is 2. The Hall–Kier alpha value is -2.99. The number of thiazole rings is 1. The number of oxazole rings is 1. The molecule has 4 rings (SSSR count). The molecule has 2 heterocycles. The molecule has 0 radical (unpaired) electrons. The first-order valence-corrected chi connectivity index (χ1v) is 14.9. The SMILES string of the molecule is Cc1ccc(S(=O)(=O)N[C@@H](Cc2ccccc2)C(=O)Nc2ncc(SCc3ncc(C(C)C)o3)s2)cc1. The number of hydrogen-bond acceptors (Lipinski definition) is 8. The van der Waals surface area contributed by atoms with Crippen LogP contribution in [0.15, 0.2) is 80.5 Å². The van der Waals surface area contributed by atoms with Crippen molar-refractivity contribution in [3.8, 4) is 0 Å². The molecule has 0 saturated carbocycles. The number of nitrogens with one attached hydrogen (secondary N) is 2. The van der Waals surface area contributed by atoms with Crippen LogP contribution in [0.4, 0.5) is 5.13 Å². The second-order valence-corrected chi connectivity index (χ2v) is 12.8. The van der Waals surface area contributed by atoms with E-state index < -0.39 is 22.0 Å². The van der Waals surface area contributed by atoms with Crippen LogP contribution in [-0.4, -0.2) is 30.3 Å². The average Bonchev–Trinajstić information content (AvgIpc) is 3.53. The van der Waals surface area contributed by atoms with Crippen molar-refractivity contribution in [1.82, 2.24) is 14.7 Å². The second-order valence-electron chi connectivity index (χ2n) is 8.75. The van der Waals surface area contributed by atoms with E-state index in [0.717, 1.165) is 21.1 Å². The Labute approximate surface area is 225 Å². The lowest BCUT2D eigenvalue weighted by molar-refractivity contribution is -0.117. The lowest BCUT2D eigenvalue weighted by Gasteiger charge is -2.18. The van der Waals surface area contributed by atoms with Gasteiger partial charge in [-0.15, -0.1) is 11.8 Å². The second kappa shape index (κ2) is 12.0. The molecule has 0 aliphatic rings. The number of benzene rings is 2. The molecule has 0 aliphatic heterocycles. The fourth-order valence-corrected chi connectivity index (χ4v) is 6.30. The maximum absolute atomic E-state index is 13.2. The van der Waals surface area contributed by atoms with Crippen molar-refractivity contribution in [2.45, 2.75) is 54.0 Å². The van der Waals surface area contributed by atoms with Crippen LogP contribution in [0.1, 0.15) is 42.5 Å². The molecule has 0 unspecified atom stereocenters. The lowest BCUT2D eigenvalue weighted by atomic mass is 10.1. The van der Waals surface area contributed by atoms with Gasteiger partial charge in [-0.25, -0.2) is 18.4 Å². The van der Waals surface area contributed by atoms with Gasteiger partial charge in [0.05, 0.1) is 27.3 Å².